The molecule has 0 aromatic heterocycles. The standard InChI is InChI=1S/C10H9Cl3O3/c1-3-6-9(12)7(11)4-8(10(6)13)16-15-5(2)14/h4H,3H2,1-2H3. The van der Waals surface area contributed by atoms with Crippen LogP contribution >= 0.6 is 34.8 Å². The Balaban J connectivity index is 3.10. The fourth-order valence-corrected chi connectivity index (χ4v) is 1.96. The summed E-state index contributed by atoms with van der Waals surface area (Å²) in [5.74, 6) is -0.414. The third-order valence-electron chi connectivity index (χ3n) is 1.82. The van der Waals surface area contributed by atoms with Gasteiger partial charge in [0.1, 0.15) is 0 Å². The minimum absolute atomic E-state index is 0.170. The van der Waals surface area contributed by atoms with Crippen LogP contribution in [0.2, 0.25) is 15.1 Å². The van der Waals surface area contributed by atoms with Crippen molar-refractivity contribution in [3.05, 3.63) is 26.7 Å². The van der Waals surface area contributed by atoms with Gasteiger partial charge in [-0.15, -0.1) is 0 Å². The van der Waals surface area contributed by atoms with Gasteiger partial charge in [-0.3, -0.25) is 9.78 Å². The second-order valence-corrected chi connectivity index (χ2v) is 4.14. The van der Waals surface area contributed by atoms with E-state index in [0.29, 0.717) is 22.0 Å². The summed E-state index contributed by atoms with van der Waals surface area (Å²) >= 11 is 17.8. The number of carbonyl (C=O) groups is 1. The molecule has 0 atom stereocenters. The summed E-state index contributed by atoms with van der Waals surface area (Å²) in [6, 6.07) is 1.40. The van der Waals surface area contributed by atoms with Crippen LogP contribution in [0, 0.1) is 0 Å². The van der Waals surface area contributed by atoms with Crippen LogP contribution in [0.4, 0.5) is 0 Å². The summed E-state index contributed by atoms with van der Waals surface area (Å²) in [6.07, 6.45) is 0.592. The van der Waals surface area contributed by atoms with E-state index in [4.69, 9.17) is 39.7 Å². The third-order valence-corrected chi connectivity index (χ3v) is 3.06. The largest absolute Gasteiger partial charge is 0.352 e. The first-order chi connectivity index (χ1) is 7.47. The third kappa shape index (κ3) is 2.94. The number of carbonyl (C=O) groups excluding carboxylic acids is 1. The highest BCUT2D eigenvalue weighted by molar-refractivity contribution is 6.44. The molecule has 0 aliphatic carbocycles. The zero-order valence-electron chi connectivity index (χ0n) is 8.64. The van der Waals surface area contributed by atoms with Gasteiger partial charge in [0.25, 0.3) is 0 Å². The number of benzene rings is 1. The van der Waals surface area contributed by atoms with E-state index in [1.807, 2.05) is 6.92 Å². The number of halogens is 3. The molecule has 3 nitrogen and oxygen atoms in total. The SMILES string of the molecule is CCc1c(Cl)c(Cl)cc(OOC(C)=O)c1Cl. The summed E-state index contributed by atoms with van der Waals surface area (Å²) in [5, 5.41) is 0.965. The normalized spacial score (nSPS) is 10.1. The molecule has 0 N–H and O–H groups in total. The van der Waals surface area contributed by atoms with E-state index in [1.165, 1.54) is 13.0 Å². The molecule has 16 heavy (non-hydrogen) atoms. The van der Waals surface area contributed by atoms with Crippen LogP contribution in [0.15, 0.2) is 6.07 Å². The molecule has 1 aromatic carbocycles. The van der Waals surface area contributed by atoms with Crippen molar-refractivity contribution in [1.82, 2.24) is 0 Å². The van der Waals surface area contributed by atoms with Crippen LogP contribution in [-0.2, 0) is 16.1 Å². The van der Waals surface area contributed by atoms with Crippen LogP contribution < -0.4 is 4.89 Å². The fourth-order valence-electron chi connectivity index (χ4n) is 1.11. The zero-order chi connectivity index (χ0) is 12.3. The lowest BCUT2D eigenvalue weighted by molar-refractivity contribution is -0.210. The van der Waals surface area contributed by atoms with Gasteiger partial charge < -0.3 is 0 Å². The van der Waals surface area contributed by atoms with Crippen LogP contribution in [0.3, 0.4) is 0 Å². The van der Waals surface area contributed by atoms with Crippen LogP contribution in [0.25, 0.3) is 0 Å². The van der Waals surface area contributed by atoms with E-state index in [9.17, 15) is 4.79 Å². The van der Waals surface area contributed by atoms with Crippen molar-refractivity contribution in [3.63, 3.8) is 0 Å². The van der Waals surface area contributed by atoms with Crippen molar-refractivity contribution in [3.8, 4) is 5.75 Å². The topological polar surface area (TPSA) is 35.5 Å². The molecule has 0 spiro atoms. The maximum absolute atomic E-state index is 10.6. The number of rotatable bonds is 3. The Hall–Kier alpha value is -0.640. The van der Waals surface area contributed by atoms with Gasteiger partial charge in [0.05, 0.1) is 15.1 Å². The highest BCUT2D eigenvalue weighted by Crippen LogP contribution is 2.39. The number of hydrogen-bond acceptors (Lipinski definition) is 3. The lowest BCUT2D eigenvalue weighted by Crippen LogP contribution is -2.04. The number of hydrogen-bond donors (Lipinski definition) is 0. The first-order valence-electron chi connectivity index (χ1n) is 4.48. The Morgan fingerprint density at radius 1 is 1.31 bits per heavy atom. The maximum Gasteiger partial charge on any atom is 0.352 e. The van der Waals surface area contributed by atoms with Gasteiger partial charge in [0, 0.05) is 13.0 Å². The molecule has 0 heterocycles. The smallest absolute Gasteiger partial charge is 0.285 e. The molecule has 0 aliphatic heterocycles. The molecule has 0 radical (unpaired) electrons. The Bertz CT molecular complexity index is 418. The predicted octanol–water partition coefficient (Wildman–Crippen LogP) is 4.07. The molecule has 0 bridgehead atoms. The molecule has 6 heteroatoms. The Morgan fingerprint density at radius 3 is 2.44 bits per heavy atom. The molecule has 0 amide bonds. The van der Waals surface area contributed by atoms with Crippen molar-refractivity contribution in [2.45, 2.75) is 20.3 Å². The monoisotopic (exact) mass is 282 g/mol. The van der Waals surface area contributed by atoms with Crippen molar-refractivity contribution in [1.29, 1.82) is 0 Å². The van der Waals surface area contributed by atoms with Gasteiger partial charge in [0.2, 0.25) is 0 Å². The van der Waals surface area contributed by atoms with E-state index in [1.54, 1.807) is 0 Å². The highest BCUT2D eigenvalue weighted by Gasteiger charge is 2.16. The molecule has 0 saturated heterocycles. The Labute approximate surface area is 108 Å². The highest BCUT2D eigenvalue weighted by atomic mass is 35.5. The van der Waals surface area contributed by atoms with E-state index in [-0.39, 0.29) is 10.8 Å². The molecule has 1 rings (SSSR count). The first kappa shape index (κ1) is 13.4. The second-order valence-electron chi connectivity index (χ2n) is 2.97. The van der Waals surface area contributed by atoms with Gasteiger partial charge in [-0.2, -0.15) is 0 Å². The molecule has 1 aromatic rings. The summed E-state index contributed by atoms with van der Waals surface area (Å²) in [7, 11) is 0. The van der Waals surface area contributed by atoms with Crippen molar-refractivity contribution < 1.29 is 14.6 Å². The van der Waals surface area contributed by atoms with E-state index < -0.39 is 5.97 Å². The lowest BCUT2D eigenvalue weighted by atomic mass is 10.1. The first-order valence-corrected chi connectivity index (χ1v) is 5.62. The average molecular weight is 284 g/mol. The summed E-state index contributed by atoms with van der Waals surface area (Å²) in [5.41, 5.74) is 0.651. The molecule has 0 unspecified atom stereocenters. The van der Waals surface area contributed by atoms with E-state index in [0.717, 1.165) is 0 Å². The molecular formula is C10H9Cl3O3. The Morgan fingerprint density at radius 2 is 1.94 bits per heavy atom. The predicted molar refractivity (Wildman–Crippen MR) is 63.2 cm³/mol. The van der Waals surface area contributed by atoms with E-state index in [2.05, 4.69) is 4.89 Å². The molecule has 0 saturated carbocycles. The van der Waals surface area contributed by atoms with Gasteiger partial charge >= 0.3 is 5.97 Å². The molecule has 88 valence electrons. The molecule has 0 fully saturated rings. The minimum Gasteiger partial charge on any atom is -0.285 e. The summed E-state index contributed by atoms with van der Waals surface area (Å²) in [6.45, 7) is 3.09. The fraction of sp³-hybridized carbons (Fsp3) is 0.300. The van der Waals surface area contributed by atoms with Crippen LogP contribution in [0.1, 0.15) is 19.4 Å². The molecule has 0 aliphatic rings. The van der Waals surface area contributed by atoms with Gasteiger partial charge in [-0.05, 0) is 12.0 Å². The van der Waals surface area contributed by atoms with Crippen molar-refractivity contribution in [2.75, 3.05) is 0 Å². The zero-order valence-corrected chi connectivity index (χ0v) is 10.9. The van der Waals surface area contributed by atoms with Crippen molar-refractivity contribution >= 4 is 40.8 Å². The summed E-state index contributed by atoms with van der Waals surface area (Å²) in [4.78, 5) is 19.7. The minimum atomic E-state index is -0.583. The van der Waals surface area contributed by atoms with E-state index >= 15 is 0 Å². The van der Waals surface area contributed by atoms with Crippen molar-refractivity contribution in [2.24, 2.45) is 0 Å². The maximum atomic E-state index is 10.6. The Kier molecular flexibility index (Phi) is 4.71. The van der Waals surface area contributed by atoms with Crippen LogP contribution in [0.5, 0.6) is 5.75 Å². The lowest BCUT2D eigenvalue weighted by Gasteiger charge is -2.10. The quantitative estimate of drug-likeness (QED) is 0.476. The van der Waals surface area contributed by atoms with Gasteiger partial charge in [0.15, 0.2) is 5.75 Å². The molecular weight excluding hydrogens is 274 g/mol. The van der Waals surface area contributed by atoms with Gasteiger partial charge in [-0.25, -0.2) is 4.79 Å². The second kappa shape index (κ2) is 5.62. The average Bonchev–Trinajstić information content (AvgIpc) is 2.22. The van der Waals surface area contributed by atoms with Gasteiger partial charge in [-0.1, -0.05) is 41.7 Å². The van der Waals surface area contributed by atoms with Crippen LogP contribution in [-0.4, -0.2) is 5.97 Å². The summed E-state index contributed by atoms with van der Waals surface area (Å²) < 4.78 is 0.